The van der Waals surface area contributed by atoms with Gasteiger partial charge in [-0.2, -0.15) is 0 Å². The lowest BCUT2D eigenvalue weighted by molar-refractivity contribution is 0.182. The maximum Gasteiger partial charge on any atom is 0.241 e. The number of anilines is 1. The number of nitrogen functional groups attached to an aromatic ring is 1. The van der Waals surface area contributed by atoms with Crippen LogP contribution in [0.3, 0.4) is 0 Å². The maximum atomic E-state index is 12.2. The highest BCUT2D eigenvalue weighted by Crippen LogP contribution is 2.24. The topological polar surface area (TPSA) is 92.4 Å². The first-order valence-corrected chi connectivity index (χ1v) is 7.77. The predicted molar refractivity (Wildman–Crippen MR) is 76.4 cm³/mol. The van der Waals surface area contributed by atoms with Gasteiger partial charge in [-0.25, -0.2) is 13.1 Å². The van der Waals surface area contributed by atoms with Crippen molar-refractivity contribution >= 4 is 15.7 Å². The number of nitrogens with two attached hydrogens (primary N) is 1. The zero-order valence-electron chi connectivity index (χ0n) is 11.6. The summed E-state index contributed by atoms with van der Waals surface area (Å²) in [6.07, 6.45) is 0.745. The van der Waals surface area contributed by atoms with Gasteiger partial charge in [-0.15, -0.1) is 0 Å². The van der Waals surface area contributed by atoms with Crippen molar-refractivity contribution in [1.82, 2.24) is 4.72 Å². The Balaban J connectivity index is 2.86. The van der Waals surface area contributed by atoms with Crippen molar-refractivity contribution in [3.63, 3.8) is 0 Å². The molecule has 0 spiro atoms. The molecule has 19 heavy (non-hydrogen) atoms. The number of sulfonamides is 1. The van der Waals surface area contributed by atoms with E-state index in [0.717, 1.165) is 0 Å². The van der Waals surface area contributed by atoms with Crippen molar-refractivity contribution in [2.45, 2.75) is 44.6 Å². The van der Waals surface area contributed by atoms with E-state index in [1.165, 1.54) is 0 Å². The molecule has 0 saturated carbocycles. The second-order valence-corrected chi connectivity index (χ2v) is 6.52. The number of aliphatic hydroxyl groups excluding tert-OH is 1. The highest BCUT2D eigenvalue weighted by molar-refractivity contribution is 7.89. The molecule has 0 saturated heterocycles. The van der Waals surface area contributed by atoms with Crippen molar-refractivity contribution in [2.75, 3.05) is 12.3 Å². The van der Waals surface area contributed by atoms with Crippen LogP contribution in [-0.2, 0) is 10.0 Å². The highest BCUT2D eigenvalue weighted by Gasteiger charge is 2.20. The Labute approximate surface area is 114 Å². The number of aryl methyl sites for hydroxylation is 1. The van der Waals surface area contributed by atoms with Crippen LogP contribution < -0.4 is 10.5 Å². The quantitative estimate of drug-likeness (QED) is 0.543. The lowest BCUT2D eigenvalue weighted by atomic mass is 10.1. The minimum Gasteiger partial charge on any atom is -0.398 e. The van der Waals surface area contributed by atoms with Crippen LogP contribution in [0.5, 0.6) is 0 Å². The van der Waals surface area contributed by atoms with Gasteiger partial charge in [-0.1, -0.05) is 6.07 Å². The largest absolute Gasteiger partial charge is 0.398 e. The van der Waals surface area contributed by atoms with Gasteiger partial charge >= 0.3 is 0 Å². The van der Waals surface area contributed by atoms with E-state index in [1.807, 2.05) is 0 Å². The van der Waals surface area contributed by atoms with Crippen LogP contribution >= 0.6 is 0 Å². The van der Waals surface area contributed by atoms with E-state index in [2.05, 4.69) is 4.72 Å². The normalized spacial score (nSPS) is 13.5. The molecule has 0 aliphatic rings. The first-order chi connectivity index (χ1) is 8.75. The van der Waals surface area contributed by atoms with E-state index in [-0.39, 0.29) is 4.90 Å². The van der Waals surface area contributed by atoms with Gasteiger partial charge in [0.15, 0.2) is 0 Å². The second kappa shape index (κ2) is 6.36. The molecule has 0 aliphatic carbocycles. The molecule has 1 aromatic carbocycles. The van der Waals surface area contributed by atoms with E-state index >= 15 is 0 Å². The summed E-state index contributed by atoms with van der Waals surface area (Å²) < 4.78 is 27.0. The first kappa shape index (κ1) is 15.9. The number of hydrogen-bond acceptors (Lipinski definition) is 4. The molecule has 0 aromatic heterocycles. The Kier molecular flexibility index (Phi) is 5.34. The maximum absolute atomic E-state index is 12.2. The van der Waals surface area contributed by atoms with E-state index in [9.17, 15) is 8.42 Å². The molecular formula is C13H22N2O3S. The van der Waals surface area contributed by atoms with Crippen molar-refractivity contribution in [3.05, 3.63) is 23.3 Å². The smallest absolute Gasteiger partial charge is 0.241 e. The summed E-state index contributed by atoms with van der Waals surface area (Å²) in [5, 5.41) is 9.13. The lowest BCUT2D eigenvalue weighted by Crippen LogP contribution is -2.27. The molecule has 0 aliphatic heterocycles. The summed E-state index contributed by atoms with van der Waals surface area (Å²) >= 11 is 0. The van der Waals surface area contributed by atoms with Gasteiger partial charge in [0.05, 0.1) is 11.0 Å². The molecule has 0 heterocycles. The molecular weight excluding hydrogens is 264 g/mol. The van der Waals surface area contributed by atoms with Crippen LogP contribution in [0.25, 0.3) is 0 Å². The van der Waals surface area contributed by atoms with Gasteiger partial charge in [-0.05, 0) is 50.8 Å². The zero-order chi connectivity index (χ0) is 14.6. The van der Waals surface area contributed by atoms with E-state index in [0.29, 0.717) is 36.2 Å². The molecule has 1 rings (SSSR count). The SMILES string of the molecule is Cc1ccc(N)c(C)c1S(=O)(=O)NCCCC(C)O. The molecule has 0 amide bonds. The van der Waals surface area contributed by atoms with Crippen molar-refractivity contribution < 1.29 is 13.5 Å². The van der Waals surface area contributed by atoms with Crippen LogP contribution in [0.4, 0.5) is 5.69 Å². The lowest BCUT2D eigenvalue weighted by Gasteiger charge is -2.13. The third-order valence-corrected chi connectivity index (χ3v) is 4.75. The van der Waals surface area contributed by atoms with Gasteiger partial charge in [0.2, 0.25) is 10.0 Å². The molecule has 6 heteroatoms. The van der Waals surface area contributed by atoms with Crippen LogP contribution in [0.2, 0.25) is 0 Å². The van der Waals surface area contributed by atoms with E-state index in [4.69, 9.17) is 10.8 Å². The van der Waals surface area contributed by atoms with Crippen molar-refractivity contribution in [2.24, 2.45) is 0 Å². The molecule has 108 valence electrons. The molecule has 1 aromatic rings. The molecule has 1 atom stereocenters. The number of rotatable bonds is 6. The van der Waals surface area contributed by atoms with Crippen LogP contribution in [-0.4, -0.2) is 26.2 Å². The zero-order valence-corrected chi connectivity index (χ0v) is 12.4. The van der Waals surface area contributed by atoms with Crippen LogP contribution in [0.1, 0.15) is 30.9 Å². The van der Waals surface area contributed by atoms with Crippen LogP contribution in [0.15, 0.2) is 17.0 Å². The summed E-state index contributed by atoms with van der Waals surface area (Å²) in [4.78, 5) is 0.254. The summed E-state index contributed by atoms with van der Waals surface area (Å²) in [5.41, 5.74) is 7.47. The van der Waals surface area contributed by atoms with Crippen LogP contribution in [0, 0.1) is 13.8 Å². The number of aliphatic hydroxyl groups is 1. The van der Waals surface area contributed by atoms with E-state index in [1.54, 1.807) is 32.9 Å². The van der Waals surface area contributed by atoms with Gasteiger partial charge in [0.25, 0.3) is 0 Å². The summed E-state index contributed by atoms with van der Waals surface area (Å²) in [6, 6.07) is 3.41. The molecule has 1 unspecified atom stereocenters. The average molecular weight is 286 g/mol. The fourth-order valence-electron chi connectivity index (χ4n) is 1.93. The number of nitrogens with one attached hydrogen (secondary N) is 1. The van der Waals surface area contributed by atoms with Gasteiger partial charge in [-0.3, -0.25) is 0 Å². The Morgan fingerprint density at radius 1 is 1.37 bits per heavy atom. The molecule has 0 radical (unpaired) electrons. The molecule has 0 fully saturated rings. The number of hydrogen-bond donors (Lipinski definition) is 3. The summed E-state index contributed by atoms with van der Waals surface area (Å²) in [6.45, 7) is 5.44. The predicted octanol–water partition coefficient (Wildman–Crippen LogP) is 1.32. The average Bonchev–Trinajstić information content (AvgIpc) is 2.29. The molecule has 5 nitrogen and oxygen atoms in total. The standard InChI is InChI=1S/C13H22N2O3S/c1-9-6-7-12(14)11(3)13(9)19(17,18)15-8-4-5-10(2)16/h6-7,10,15-16H,4-5,8,14H2,1-3H3. The Morgan fingerprint density at radius 3 is 2.58 bits per heavy atom. The Morgan fingerprint density at radius 2 is 2.00 bits per heavy atom. The minimum atomic E-state index is -3.55. The molecule has 4 N–H and O–H groups in total. The molecule has 0 bridgehead atoms. The summed E-state index contributed by atoms with van der Waals surface area (Å²) in [7, 11) is -3.55. The number of benzene rings is 1. The van der Waals surface area contributed by atoms with Gasteiger partial charge < -0.3 is 10.8 Å². The fraction of sp³-hybridized carbons (Fsp3) is 0.538. The van der Waals surface area contributed by atoms with E-state index < -0.39 is 16.1 Å². The monoisotopic (exact) mass is 286 g/mol. The fourth-order valence-corrected chi connectivity index (χ4v) is 3.50. The third kappa shape index (κ3) is 4.19. The third-order valence-electron chi connectivity index (χ3n) is 3.00. The second-order valence-electron chi connectivity index (χ2n) is 4.81. The van der Waals surface area contributed by atoms with Crippen molar-refractivity contribution in [1.29, 1.82) is 0 Å². The highest BCUT2D eigenvalue weighted by atomic mass is 32.2. The summed E-state index contributed by atoms with van der Waals surface area (Å²) in [5.74, 6) is 0. The Bertz CT molecular complexity index is 539. The van der Waals surface area contributed by atoms with Gasteiger partial charge in [0.1, 0.15) is 0 Å². The Hall–Kier alpha value is -1.11. The minimum absolute atomic E-state index is 0.254. The van der Waals surface area contributed by atoms with Crippen molar-refractivity contribution in [3.8, 4) is 0 Å². The van der Waals surface area contributed by atoms with Gasteiger partial charge in [0, 0.05) is 12.2 Å². The first-order valence-electron chi connectivity index (χ1n) is 6.29.